The Morgan fingerprint density at radius 3 is 1.40 bits per heavy atom. The first-order valence-corrected chi connectivity index (χ1v) is 22.6. The van der Waals surface area contributed by atoms with E-state index in [1.807, 2.05) is 0 Å². The minimum Gasteiger partial charge on any atom is -0.462 e. The lowest BCUT2D eigenvalue weighted by Gasteiger charge is -2.20. The first-order valence-electron chi connectivity index (χ1n) is 21.1. The zero-order chi connectivity index (χ0) is 38.4. The van der Waals surface area contributed by atoms with Crippen molar-refractivity contribution < 1.29 is 47.8 Å². The van der Waals surface area contributed by atoms with Crippen LogP contribution in [0.5, 0.6) is 0 Å². The Labute approximate surface area is 317 Å². The van der Waals surface area contributed by atoms with Gasteiger partial charge in [-0.15, -0.1) is 0 Å². The van der Waals surface area contributed by atoms with Gasteiger partial charge in [0.15, 0.2) is 6.10 Å². The van der Waals surface area contributed by atoms with Crippen LogP contribution in [0.4, 0.5) is 0 Å². The number of unbranched alkanes of at least 4 members (excludes halogenated alkanes) is 24. The Balaban J connectivity index is 4.31. The maximum atomic E-state index is 12.6. The number of esters is 2. The monoisotopic (exact) mass is 763 g/mol. The maximum absolute atomic E-state index is 12.6. The number of hydrogen-bond donors (Lipinski definition) is 3. The molecule has 3 atom stereocenters. The van der Waals surface area contributed by atoms with E-state index in [1.165, 1.54) is 116 Å². The van der Waals surface area contributed by atoms with Crippen molar-refractivity contribution in [2.24, 2.45) is 0 Å². The fourth-order valence-electron chi connectivity index (χ4n) is 5.87. The van der Waals surface area contributed by atoms with Crippen molar-refractivity contribution in [2.75, 3.05) is 26.4 Å². The number of carbonyl (C=O) groups excluding carboxylic acids is 2. The highest BCUT2D eigenvalue weighted by molar-refractivity contribution is 7.47. The van der Waals surface area contributed by atoms with Crippen LogP contribution in [0, 0.1) is 0 Å². The molecule has 0 saturated heterocycles. The molecule has 0 aliphatic carbocycles. The van der Waals surface area contributed by atoms with Crippen LogP contribution in [-0.4, -0.2) is 65.7 Å². The van der Waals surface area contributed by atoms with Crippen molar-refractivity contribution in [3.8, 4) is 0 Å². The molecule has 52 heavy (non-hydrogen) atoms. The standard InChI is InChI=1S/C41H79O10P/c1-3-5-7-9-11-13-15-17-19-21-23-25-27-29-31-33-41(45)51-39(37-50-52(46,47)49-35-38(43)34-42)36-48-40(44)32-30-28-26-24-22-20-18-16-14-12-10-8-6-4-2/h21,23,38-39,42-43H,3-20,22,24-37H2,1-2H3,(H,46,47)/b23-21+/t38-,39+/m0/s1. The second kappa shape index (κ2) is 38.0. The molecule has 11 heteroatoms. The molecule has 308 valence electrons. The summed E-state index contributed by atoms with van der Waals surface area (Å²) in [5, 5.41) is 18.3. The highest BCUT2D eigenvalue weighted by atomic mass is 31.2. The van der Waals surface area contributed by atoms with Crippen LogP contribution < -0.4 is 0 Å². The Morgan fingerprint density at radius 2 is 0.942 bits per heavy atom. The molecule has 0 aromatic rings. The second-order valence-corrected chi connectivity index (χ2v) is 15.8. The Hall–Kier alpha value is -1.29. The van der Waals surface area contributed by atoms with Crippen LogP contribution in [0.3, 0.4) is 0 Å². The number of phosphoric ester groups is 1. The molecule has 0 amide bonds. The number of ether oxygens (including phenoxy) is 2. The van der Waals surface area contributed by atoms with Gasteiger partial charge in [0.1, 0.15) is 12.7 Å². The average Bonchev–Trinajstić information content (AvgIpc) is 3.13. The maximum Gasteiger partial charge on any atom is 0.472 e. The van der Waals surface area contributed by atoms with Crippen molar-refractivity contribution in [3.05, 3.63) is 12.2 Å². The lowest BCUT2D eigenvalue weighted by Crippen LogP contribution is -2.29. The lowest BCUT2D eigenvalue weighted by atomic mass is 10.0. The topological polar surface area (TPSA) is 149 Å². The summed E-state index contributed by atoms with van der Waals surface area (Å²) in [5.41, 5.74) is 0. The van der Waals surface area contributed by atoms with Gasteiger partial charge < -0.3 is 24.6 Å². The number of hydrogen-bond acceptors (Lipinski definition) is 9. The summed E-state index contributed by atoms with van der Waals surface area (Å²) in [6.45, 7) is 2.38. The van der Waals surface area contributed by atoms with Gasteiger partial charge in [-0.05, 0) is 38.5 Å². The third-order valence-electron chi connectivity index (χ3n) is 9.17. The van der Waals surface area contributed by atoms with Crippen molar-refractivity contribution in [2.45, 2.75) is 212 Å². The van der Waals surface area contributed by atoms with E-state index >= 15 is 0 Å². The molecule has 0 heterocycles. The first-order chi connectivity index (χ1) is 25.2. The van der Waals surface area contributed by atoms with Gasteiger partial charge in [0.25, 0.3) is 0 Å². The van der Waals surface area contributed by atoms with Gasteiger partial charge in [-0.2, -0.15) is 0 Å². The zero-order valence-corrected chi connectivity index (χ0v) is 34.2. The van der Waals surface area contributed by atoms with Gasteiger partial charge in [0, 0.05) is 12.8 Å². The Kier molecular flexibility index (Phi) is 37.1. The van der Waals surface area contributed by atoms with E-state index in [2.05, 4.69) is 30.5 Å². The molecule has 0 saturated carbocycles. The molecule has 0 aromatic heterocycles. The van der Waals surface area contributed by atoms with Crippen molar-refractivity contribution in [1.29, 1.82) is 0 Å². The van der Waals surface area contributed by atoms with Crippen molar-refractivity contribution in [3.63, 3.8) is 0 Å². The SMILES string of the molecule is CCCCCCCCCC/C=C/CCCCCC(=O)O[C@H](COC(=O)CCCCCCCCCCCCCCCC)COP(=O)(O)OC[C@@H](O)CO. The third kappa shape index (κ3) is 37.0. The van der Waals surface area contributed by atoms with E-state index in [9.17, 15) is 24.2 Å². The van der Waals surface area contributed by atoms with Crippen LogP contribution in [0.1, 0.15) is 200 Å². The quantitative estimate of drug-likeness (QED) is 0.0238. The number of phosphoric acid groups is 1. The molecule has 0 spiro atoms. The molecule has 10 nitrogen and oxygen atoms in total. The molecule has 0 rings (SSSR count). The predicted octanol–water partition coefficient (Wildman–Crippen LogP) is 10.8. The molecule has 3 N–H and O–H groups in total. The van der Waals surface area contributed by atoms with Crippen LogP contribution in [-0.2, 0) is 32.7 Å². The van der Waals surface area contributed by atoms with Crippen molar-refractivity contribution in [1.82, 2.24) is 0 Å². The number of aliphatic hydroxyl groups is 2. The number of allylic oxidation sites excluding steroid dienone is 2. The Bertz CT molecular complexity index is 884. The minimum absolute atomic E-state index is 0.168. The van der Waals surface area contributed by atoms with Gasteiger partial charge >= 0.3 is 19.8 Å². The molecule has 0 aliphatic rings. The zero-order valence-electron chi connectivity index (χ0n) is 33.3. The fourth-order valence-corrected chi connectivity index (χ4v) is 6.66. The van der Waals surface area contributed by atoms with E-state index in [1.54, 1.807) is 0 Å². The van der Waals surface area contributed by atoms with Gasteiger partial charge in [-0.25, -0.2) is 4.57 Å². The number of aliphatic hydroxyl groups excluding tert-OH is 2. The summed E-state index contributed by atoms with van der Waals surface area (Å²) in [6.07, 6.45) is 34.6. The molecule has 0 aliphatic heterocycles. The van der Waals surface area contributed by atoms with Crippen LogP contribution in [0.2, 0.25) is 0 Å². The Morgan fingerprint density at radius 1 is 0.558 bits per heavy atom. The van der Waals surface area contributed by atoms with Crippen molar-refractivity contribution >= 4 is 19.8 Å². The number of carbonyl (C=O) groups is 2. The highest BCUT2D eigenvalue weighted by Crippen LogP contribution is 2.43. The second-order valence-electron chi connectivity index (χ2n) is 14.4. The van der Waals surface area contributed by atoms with E-state index in [0.29, 0.717) is 12.8 Å². The predicted molar refractivity (Wildman–Crippen MR) is 210 cm³/mol. The van der Waals surface area contributed by atoms with E-state index in [4.69, 9.17) is 19.1 Å². The molecule has 0 bridgehead atoms. The molecular weight excluding hydrogens is 683 g/mol. The van der Waals surface area contributed by atoms with Crippen LogP contribution >= 0.6 is 7.82 Å². The lowest BCUT2D eigenvalue weighted by molar-refractivity contribution is -0.161. The number of rotatable bonds is 40. The normalized spacial score (nSPS) is 14.0. The summed E-state index contributed by atoms with van der Waals surface area (Å²) >= 11 is 0. The average molecular weight is 763 g/mol. The van der Waals surface area contributed by atoms with Gasteiger partial charge in [-0.1, -0.05) is 161 Å². The van der Waals surface area contributed by atoms with E-state index in [0.717, 1.165) is 44.9 Å². The first kappa shape index (κ1) is 50.7. The smallest absolute Gasteiger partial charge is 0.462 e. The molecule has 0 fully saturated rings. The summed E-state index contributed by atoms with van der Waals surface area (Å²) in [4.78, 5) is 34.9. The largest absolute Gasteiger partial charge is 0.472 e. The van der Waals surface area contributed by atoms with Crippen LogP contribution in [0.15, 0.2) is 12.2 Å². The van der Waals surface area contributed by atoms with Crippen LogP contribution in [0.25, 0.3) is 0 Å². The summed E-state index contributed by atoms with van der Waals surface area (Å²) in [6, 6.07) is 0. The van der Waals surface area contributed by atoms with Gasteiger partial charge in [0.2, 0.25) is 0 Å². The third-order valence-corrected chi connectivity index (χ3v) is 10.1. The minimum atomic E-state index is -4.61. The summed E-state index contributed by atoms with van der Waals surface area (Å²) in [5.74, 6) is -0.934. The molecular formula is C41H79O10P. The summed E-state index contributed by atoms with van der Waals surface area (Å²) < 4.78 is 32.7. The van der Waals surface area contributed by atoms with Gasteiger partial charge in [0.05, 0.1) is 19.8 Å². The molecule has 0 radical (unpaired) electrons. The summed E-state index contributed by atoms with van der Waals surface area (Å²) in [7, 11) is -4.61. The van der Waals surface area contributed by atoms with E-state index < -0.39 is 51.8 Å². The molecule has 1 unspecified atom stereocenters. The van der Waals surface area contributed by atoms with Gasteiger partial charge in [-0.3, -0.25) is 18.6 Å². The molecule has 0 aromatic carbocycles. The fraction of sp³-hybridized carbons (Fsp3) is 0.902. The highest BCUT2D eigenvalue weighted by Gasteiger charge is 2.27. The van der Waals surface area contributed by atoms with E-state index in [-0.39, 0.29) is 19.4 Å².